The summed E-state index contributed by atoms with van der Waals surface area (Å²) in [4.78, 5) is 0. The molecule has 0 saturated heterocycles. The van der Waals surface area contributed by atoms with Gasteiger partial charge in [-0.2, -0.15) is 0 Å². The monoisotopic (exact) mass is 364 g/mol. The van der Waals surface area contributed by atoms with Crippen LogP contribution in [0.3, 0.4) is 0 Å². The highest BCUT2D eigenvalue weighted by Crippen LogP contribution is 2.31. The lowest BCUT2D eigenvalue weighted by Crippen LogP contribution is -1.93. The number of rotatable bonds is 7. The van der Waals surface area contributed by atoms with Gasteiger partial charge in [-0.25, -0.2) is 8.78 Å². The quantitative estimate of drug-likeness (QED) is 0.405. The van der Waals surface area contributed by atoms with Crippen LogP contribution >= 0.6 is 0 Å². The van der Waals surface area contributed by atoms with Crippen LogP contribution in [0, 0.1) is 11.6 Å². The van der Waals surface area contributed by atoms with Crippen molar-refractivity contribution in [2.45, 2.75) is 46.0 Å². The number of benzene rings is 3. The van der Waals surface area contributed by atoms with E-state index >= 15 is 0 Å². The topological polar surface area (TPSA) is 0 Å². The lowest BCUT2D eigenvalue weighted by atomic mass is 9.97. The van der Waals surface area contributed by atoms with Gasteiger partial charge in [0, 0.05) is 11.1 Å². The minimum Gasteiger partial charge on any atom is -0.206 e. The van der Waals surface area contributed by atoms with E-state index in [1.54, 1.807) is 0 Å². The maximum Gasteiger partial charge on any atom is 0.131 e. The molecule has 27 heavy (non-hydrogen) atoms. The van der Waals surface area contributed by atoms with Gasteiger partial charge in [0.15, 0.2) is 0 Å². The highest BCUT2D eigenvalue weighted by Gasteiger charge is 2.13. The largest absolute Gasteiger partial charge is 0.206 e. The predicted octanol–water partition coefficient (Wildman–Crippen LogP) is 7.59. The Morgan fingerprint density at radius 3 is 1.44 bits per heavy atom. The average molecular weight is 364 g/mol. The first kappa shape index (κ1) is 19.3. The molecule has 0 amide bonds. The van der Waals surface area contributed by atoms with Crippen LogP contribution in [0.5, 0.6) is 0 Å². The van der Waals surface area contributed by atoms with E-state index in [1.165, 1.54) is 23.3 Å². The van der Waals surface area contributed by atoms with E-state index in [2.05, 4.69) is 13.8 Å². The molecule has 0 bridgehead atoms. The van der Waals surface area contributed by atoms with Gasteiger partial charge in [-0.05, 0) is 53.6 Å². The van der Waals surface area contributed by atoms with Gasteiger partial charge >= 0.3 is 0 Å². The first-order valence-corrected chi connectivity index (χ1v) is 9.80. The van der Waals surface area contributed by atoms with Crippen molar-refractivity contribution in [3.63, 3.8) is 0 Å². The van der Waals surface area contributed by atoms with Gasteiger partial charge in [0.05, 0.1) is 0 Å². The summed E-state index contributed by atoms with van der Waals surface area (Å²) < 4.78 is 29.5. The van der Waals surface area contributed by atoms with E-state index in [0.29, 0.717) is 22.3 Å². The fourth-order valence-corrected chi connectivity index (χ4v) is 3.36. The smallest absolute Gasteiger partial charge is 0.131 e. The second-order valence-electron chi connectivity index (χ2n) is 7.06. The van der Waals surface area contributed by atoms with Gasteiger partial charge in [0.2, 0.25) is 0 Å². The molecule has 0 aromatic heterocycles. The van der Waals surface area contributed by atoms with Gasteiger partial charge in [-0.1, -0.05) is 75.2 Å². The second-order valence-corrected chi connectivity index (χ2v) is 7.06. The molecule has 3 rings (SSSR count). The van der Waals surface area contributed by atoms with Gasteiger partial charge in [0.1, 0.15) is 11.6 Å². The molecule has 3 aromatic rings. The summed E-state index contributed by atoms with van der Waals surface area (Å²) in [6.07, 6.45) is 5.34. The fraction of sp³-hybridized carbons (Fsp3) is 0.280. The number of aryl methyl sites for hydroxylation is 2. The first-order chi connectivity index (χ1) is 13.1. The van der Waals surface area contributed by atoms with Crippen molar-refractivity contribution >= 4 is 0 Å². The molecule has 0 heterocycles. The molecule has 3 aromatic carbocycles. The van der Waals surface area contributed by atoms with E-state index < -0.39 is 11.6 Å². The van der Waals surface area contributed by atoms with Crippen LogP contribution < -0.4 is 0 Å². The number of halogens is 2. The van der Waals surface area contributed by atoms with Gasteiger partial charge in [-0.3, -0.25) is 0 Å². The maximum absolute atomic E-state index is 14.7. The molecule has 0 saturated carbocycles. The Morgan fingerprint density at radius 2 is 1.04 bits per heavy atom. The normalized spacial score (nSPS) is 11.0. The van der Waals surface area contributed by atoms with Gasteiger partial charge < -0.3 is 0 Å². The molecule has 0 radical (unpaired) electrons. The summed E-state index contributed by atoms with van der Waals surface area (Å²) in [7, 11) is 0. The summed E-state index contributed by atoms with van der Waals surface area (Å²) in [5.74, 6) is -0.796. The minimum absolute atomic E-state index is 0.305. The van der Waals surface area contributed by atoms with E-state index in [1.807, 2.05) is 48.5 Å². The molecular weight excluding hydrogens is 338 g/mol. The van der Waals surface area contributed by atoms with Gasteiger partial charge in [-0.15, -0.1) is 0 Å². The molecule has 0 unspecified atom stereocenters. The summed E-state index contributed by atoms with van der Waals surface area (Å²) in [5, 5.41) is 0. The number of unbranched alkanes of at least 4 members (excludes halogenated alkanes) is 1. The zero-order valence-electron chi connectivity index (χ0n) is 16.1. The third kappa shape index (κ3) is 4.63. The van der Waals surface area contributed by atoms with Crippen LogP contribution in [0.4, 0.5) is 8.78 Å². The molecule has 2 heteroatoms. The third-order valence-electron chi connectivity index (χ3n) is 4.94. The Morgan fingerprint density at radius 1 is 0.593 bits per heavy atom. The van der Waals surface area contributed by atoms with Crippen LogP contribution in [-0.2, 0) is 12.8 Å². The van der Waals surface area contributed by atoms with Crippen LogP contribution in [-0.4, -0.2) is 0 Å². The van der Waals surface area contributed by atoms with E-state index in [-0.39, 0.29) is 0 Å². The highest BCUT2D eigenvalue weighted by atomic mass is 19.1. The zero-order valence-corrected chi connectivity index (χ0v) is 16.1. The molecule has 0 aliphatic rings. The highest BCUT2D eigenvalue weighted by molar-refractivity contribution is 5.72. The van der Waals surface area contributed by atoms with E-state index in [0.717, 1.165) is 32.1 Å². The number of hydrogen-bond acceptors (Lipinski definition) is 0. The van der Waals surface area contributed by atoms with Crippen LogP contribution in [0.15, 0.2) is 60.7 Å². The van der Waals surface area contributed by atoms with Crippen molar-refractivity contribution in [1.82, 2.24) is 0 Å². The Labute approximate surface area is 160 Å². The third-order valence-corrected chi connectivity index (χ3v) is 4.94. The molecule has 0 nitrogen and oxygen atoms in total. The lowest BCUT2D eigenvalue weighted by molar-refractivity contribution is 0.606. The van der Waals surface area contributed by atoms with Crippen LogP contribution in [0.2, 0.25) is 0 Å². The number of hydrogen-bond donors (Lipinski definition) is 0. The Hall–Kier alpha value is -2.48. The SMILES string of the molecule is CCCCc1ccc(-c2cc(F)c(-c3ccc(CCC)cc3)cc2F)cc1. The summed E-state index contributed by atoms with van der Waals surface area (Å²) in [6.45, 7) is 4.28. The van der Waals surface area contributed by atoms with Crippen molar-refractivity contribution in [1.29, 1.82) is 0 Å². The molecule has 140 valence electrons. The molecule has 0 aliphatic heterocycles. The summed E-state index contributed by atoms with van der Waals surface area (Å²) >= 11 is 0. The minimum atomic E-state index is -0.398. The Bertz CT molecular complexity index is 877. The standard InChI is InChI=1S/C25H26F2/c1-3-5-7-19-10-14-21(15-11-19)23-17-24(26)22(16-25(23)27)20-12-8-18(6-4-2)9-13-20/h8-17H,3-7H2,1-2H3. The van der Waals surface area contributed by atoms with E-state index in [9.17, 15) is 8.78 Å². The molecular formula is C25H26F2. The molecule has 0 fully saturated rings. The molecule has 0 spiro atoms. The summed E-state index contributed by atoms with van der Waals surface area (Å²) in [5.41, 5.74) is 4.45. The average Bonchev–Trinajstić information content (AvgIpc) is 2.69. The van der Waals surface area contributed by atoms with Crippen LogP contribution in [0.25, 0.3) is 22.3 Å². The van der Waals surface area contributed by atoms with Crippen molar-refractivity contribution in [2.75, 3.05) is 0 Å². The molecule has 0 aliphatic carbocycles. The first-order valence-electron chi connectivity index (χ1n) is 9.80. The van der Waals surface area contributed by atoms with Crippen molar-refractivity contribution < 1.29 is 8.78 Å². The van der Waals surface area contributed by atoms with Crippen LogP contribution in [0.1, 0.15) is 44.2 Å². The lowest BCUT2D eigenvalue weighted by Gasteiger charge is -2.10. The Balaban J connectivity index is 1.88. The second kappa shape index (κ2) is 8.94. The fourth-order valence-electron chi connectivity index (χ4n) is 3.36. The Kier molecular flexibility index (Phi) is 6.39. The summed E-state index contributed by atoms with van der Waals surface area (Å²) in [6, 6.07) is 18.1. The zero-order chi connectivity index (χ0) is 19.2. The van der Waals surface area contributed by atoms with Crippen molar-refractivity contribution in [2.24, 2.45) is 0 Å². The molecule has 0 atom stereocenters. The van der Waals surface area contributed by atoms with Crippen molar-refractivity contribution in [3.05, 3.63) is 83.4 Å². The van der Waals surface area contributed by atoms with Gasteiger partial charge in [0.25, 0.3) is 0 Å². The van der Waals surface area contributed by atoms with Crippen molar-refractivity contribution in [3.8, 4) is 22.3 Å². The molecule has 0 N–H and O–H groups in total. The maximum atomic E-state index is 14.7. The van der Waals surface area contributed by atoms with E-state index in [4.69, 9.17) is 0 Å². The predicted molar refractivity (Wildman–Crippen MR) is 110 cm³/mol.